The van der Waals surface area contributed by atoms with Crippen LogP contribution in [0.1, 0.15) is 77.6 Å². The van der Waals surface area contributed by atoms with Crippen LogP contribution in [0.3, 0.4) is 0 Å². The van der Waals surface area contributed by atoms with E-state index >= 15 is 0 Å². The third-order valence-electron chi connectivity index (χ3n) is 7.10. The van der Waals surface area contributed by atoms with Crippen LogP contribution in [0.2, 0.25) is 0 Å². The molecule has 2 fully saturated rings. The average Bonchev–Trinajstić information content (AvgIpc) is 3.32. The molecule has 1 saturated carbocycles. The van der Waals surface area contributed by atoms with Gasteiger partial charge in [0.1, 0.15) is 0 Å². The summed E-state index contributed by atoms with van der Waals surface area (Å²) in [5.41, 5.74) is 1.25. The smallest absolute Gasteiger partial charge is 0.407 e. The summed E-state index contributed by atoms with van der Waals surface area (Å²) in [6.07, 6.45) is 5.75. The monoisotopic (exact) mass is 578 g/mol. The van der Waals surface area contributed by atoms with Gasteiger partial charge in [0.25, 0.3) is 0 Å². The number of benzene rings is 1. The van der Waals surface area contributed by atoms with E-state index in [0.717, 1.165) is 47.7 Å². The van der Waals surface area contributed by atoms with Crippen LogP contribution < -0.4 is 15.4 Å². The molecule has 2 aromatic rings. The summed E-state index contributed by atoms with van der Waals surface area (Å²) in [7, 11) is -3.72. The molecule has 0 atom stereocenters. The number of ether oxygens (including phenoxy) is 2. The fraction of sp³-hybridized carbons (Fsp3) is 0.643. The summed E-state index contributed by atoms with van der Waals surface area (Å²) in [6.45, 7) is 11.3. The van der Waals surface area contributed by atoms with E-state index in [1.165, 1.54) is 0 Å². The lowest BCUT2D eigenvalue weighted by molar-refractivity contribution is -0.0505. The number of amides is 1. The summed E-state index contributed by atoms with van der Waals surface area (Å²) in [4.78, 5) is 17.7. The first kappa shape index (κ1) is 29.8. The summed E-state index contributed by atoms with van der Waals surface area (Å²) < 4.78 is 39.9. The number of alkyl carbamates (subject to hydrolysis) is 1. The molecule has 39 heavy (non-hydrogen) atoms. The predicted molar refractivity (Wildman–Crippen MR) is 155 cm³/mol. The molecule has 0 bridgehead atoms. The lowest BCUT2D eigenvalue weighted by Crippen LogP contribution is -2.56. The Kier molecular flexibility index (Phi) is 9.57. The standard InChI is InChI=1S/C28H42N4O5S2/c1-6-30-39(34,35)25-13-22(32-28(14-18(2)3)16-36-17-28)11-12-23(25)24-15-29-26(38-24)20-7-9-21(10-8-20)31-27(33)37-19(4)5/h11-13,15,18-21,30,32H,6-10,14,16-17H2,1-5H3,(H,31,33)/t20-,21-. The Bertz CT molecular complexity index is 1230. The molecule has 1 aromatic heterocycles. The minimum Gasteiger partial charge on any atom is -0.447 e. The van der Waals surface area contributed by atoms with Crippen LogP contribution in [-0.4, -0.2) is 56.9 Å². The Morgan fingerprint density at radius 1 is 1.18 bits per heavy atom. The van der Waals surface area contributed by atoms with Gasteiger partial charge in [0.05, 0.1) is 39.6 Å². The number of thiazole rings is 1. The molecule has 1 saturated heterocycles. The van der Waals surface area contributed by atoms with Crippen LogP contribution in [0.25, 0.3) is 10.4 Å². The van der Waals surface area contributed by atoms with Gasteiger partial charge in [-0.2, -0.15) is 0 Å². The summed E-state index contributed by atoms with van der Waals surface area (Å²) >= 11 is 1.55. The first-order chi connectivity index (χ1) is 18.5. The molecule has 3 N–H and O–H groups in total. The van der Waals surface area contributed by atoms with Crippen LogP contribution >= 0.6 is 11.3 Å². The maximum atomic E-state index is 13.3. The molecule has 0 unspecified atom stereocenters. The van der Waals surface area contributed by atoms with Crippen molar-refractivity contribution in [3.05, 3.63) is 29.4 Å². The highest BCUT2D eigenvalue weighted by atomic mass is 32.2. The zero-order chi connectivity index (χ0) is 28.2. The molecule has 1 amide bonds. The Morgan fingerprint density at radius 2 is 1.90 bits per heavy atom. The highest BCUT2D eigenvalue weighted by Gasteiger charge is 2.39. The second kappa shape index (κ2) is 12.5. The number of rotatable bonds is 11. The van der Waals surface area contributed by atoms with Gasteiger partial charge in [-0.1, -0.05) is 26.8 Å². The number of nitrogens with zero attached hydrogens (tertiary/aromatic N) is 1. The molecule has 2 heterocycles. The van der Waals surface area contributed by atoms with Crippen molar-refractivity contribution in [2.75, 3.05) is 25.1 Å². The number of anilines is 1. The SMILES string of the molecule is CCNS(=O)(=O)c1cc(NC2(CC(C)C)COC2)ccc1-c1cnc([C@H]2CC[C@H](NC(=O)OC(C)C)CC2)s1. The van der Waals surface area contributed by atoms with Crippen molar-refractivity contribution in [1.82, 2.24) is 15.0 Å². The molecular formula is C28H42N4O5S2. The topological polar surface area (TPSA) is 119 Å². The first-order valence-electron chi connectivity index (χ1n) is 13.9. The number of nitrogens with one attached hydrogen (secondary N) is 3. The summed E-state index contributed by atoms with van der Waals surface area (Å²) in [5, 5.41) is 7.54. The zero-order valence-electron chi connectivity index (χ0n) is 23.6. The van der Waals surface area contributed by atoms with Gasteiger partial charge in [-0.3, -0.25) is 0 Å². The van der Waals surface area contributed by atoms with Gasteiger partial charge < -0.3 is 20.1 Å². The van der Waals surface area contributed by atoms with Gasteiger partial charge >= 0.3 is 6.09 Å². The number of hydrogen-bond donors (Lipinski definition) is 3. The van der Waals surface area contributed by atoms with E-state index in [1.807, 2.05) is 26.0 Å². The number of carbonyl (C=O) groups excluding carboxylic acids is 1. The molecule has 9 nitrogen and oxygen atoms in total. The maximum Gasteiger partial charge on any atom is 0.407 e. The molecule has 2 aliphatic rings. The van der Waals surface area contributed by atoms with E-state index in [-0.39, 0.29) is 34.6 Å². The van der Waals surface area contributed by atoms with Gasteiger partial charge in [-0.15, -0.1) is 11.3 Å². The Labute approximate surface area is 236 Å². The van der Waals surface area contributed by atoms with Crippen LogP contribution in [0.15, 0.2) is 29.3 Å². The van der Waals surface area contributed by atoms with Crippen LogP contribution in [0.4, 0.5) is 10.5 Å². The maximum absolute atomic E-state index is 13.3. The van der Waals surface area contributed by atoms with Crippen LogP contribution in [0.5, 0.6) is 0 Å². The van der Waals surface area contributed by atoms with Crippen molar-refractivity contribution in [3.63, 3.8) is 0 Å². The Hall–Kier alpha value is -2.21. The normalized spacial score (nSPS) is 21.0. The second-order valence-electron chi connectivity index (χ2n) is 11.4. The third kappa shape index (κ3) is 7.50. The van der Waals surface area contributed by atoms with E-state index in [9.17, 15) is 13.2 Å². The summed E-state index contributed by atoms with van der Waals surface area (Å²) in [5.74, 6) is 0.771. The van der Waals surface area contributed by atoms with Gasteiger partial charge in [0.15, 0.2) is 0 Å². The molecule has 11 heteroatoms. The molecular weight excluding hydrogens is 536 g/mol. The van der Waals surface area contributed by atoms with E-state index < -0.39 is 10.0 Å². The van der Waals surface area contributed by atoms with Crippen molar-refractivity contribution in [3.8, 4) is 10.4 Å². The number of hydrogen-bond acceptors (Lipinski definition) is 8. The van der Waals surface area contributed by atoms with Crippen molar-refractivity contribution in [2.45, 2.75) is 95.2 Å². The lowest BCUT2D eigenvalue weighted by atomic mass is 9.86. The van der Waals surface area contributed by atoms with E-state index in [0.29, 0.717) is 31.2 Å². The molecule has 216 valence electrons. The van der Waals surface area contributed by atoms with Gasteiger partial charge in [0.2, 0.25) is 10.0 Å². The van der Waals surface area contributed by atoms with E-state index in [2.05, 4.69) is 29.2 Å². The highest BCUT2D eigenvalue weighted by Crippen LogP contribution is 2.40. The summed E-state index contributed by atoms with van der Waals surface area (Å²) in [6, 6.07) is 5.67. The number of aromatic nitrogens is 1. The Balaban J connectivity index is 1.51. The van der Waals surface area contributed by atoms with Crippen molar-refractivity contribution < 1.29 is 22.7 Å². The largest absolute Gasteiger partial charge is 0.447 e. The fourth-order valence-corrected chi connectivity index (χ4v) is 7.95. The number of carbonyl (C=O) groups is 1. The molecule has 4 rings (SSSR count). The van der Waals surface area contributed by atoms with Gasteiger partial charge in [-0.05, 0) is 64.0 Å². The van der Waals surface area contributed by atoms with Gasteiger partial charge in [-0.25, -0.2) is 22.9 Å². The number of sulfonamides is 1. The average molecular weight is 579 g/mol. The molecule has 1 aliphatic carbocycles. The van der Waals surface area contributed by atoms with Crippen LogP contribution in [-0.2, 0) is 19.5 Å². The molecule has 0 radical (unpaired) electrons. The zero-order valence-corrected chi connectivity index (χ0v) is 25.2. The van der Waals surface area contributed by atoms with E-state index in [4.69, 9.17) is 14.5 Å². The highest BCUT2D eigenvalue weighted by molar-refractivity contribution is 7.89. The minimum absolute atomic E-state index is 0.101. The van der Waals surface area contributed by atoms with Gasteiger partial charge in [0, 0.05) is 36.0 Å². The third-order valence-corrected chi connectivity index (χ3v) is 9.88. The lowest BCUT2D eigenvalue weighted by Gasteiger charge is -2.44. The molecule has 1 aliphatic heterocycles. The minimum atomic E-state index is -3.72. The quantitative estimate of drug-likeness (QED) is 0.322. The molecule has 1 aromatic carbocycles. The van der Waals surface area contributed by atoms with Crippen molar-refractivity contribution in [1.29, 1.82) is 0 Å². The van der Waals surface area contributed by atoms with E-state index in [1.54, 1.807) is 30.5 Å². The predicted octanol–water partition coefficient (Wildman–Crippen LogP) is 5.50. The van der Waals surface area contributed by atoms with Crippen molar-refractivity contribution >= 4 is 33.1 Å². The van der Waals surface area contributed by atoms with Crippen molar-refractivity contribution in [2.24, 2.45) is 5.92 Å². The molecule has 0 spiro atoms. The second-order valence-corrected chi connectivity index (χ2v) is 14.2. The fourth-order valence-electron chi connectivity index (χ4n) is 5.47. The Morgan fingerprint density at radius 3 is 2.49 bits per heavy atom. The van der Waals surface area contributed by atoms with Crippen LogP contribution in [0, 0.1) is 5.92 Å². The first-order valence-corrected chi connectivity index (χ1v) is 16.2.